The van der Waals surface area contributed by atoms with Crippen molar-refractivity contribution in [3.63, 3.8) is 0 Å². The van der Waals surface area contributed by atoms with Crippen LogP contribution in [0, 0.1) is 0 Å². The third kappa shape index (κ3) is 3.39. The summed E-state index contributed by atoms with van der Waals surface area (Å²) in [6.45, 7) is 7.19. The highest BCUT2D eigenvalue weighted by Crippen LogP contribution is 2.48. The van der Waals surface area contributed by atoms with Crippen molar-refractivity contribution in [3.8, 4) is 0 Å². The van der Waals surface area contributed by atoms with Gasteiger partial charge in [0.15, 0.2) is 0 Å². The summed E-state index contributed by atoms with van der Waals surface area (Å²) in [6, 6.07) is 19.3. The van der Waals surface area contributed by atoms with Gasteiger partial charge in [-0.05, 0) is 55.9 Å². The zero-order valence-corrected chi connectivity index (χ0v) is 16.4. The number of hydrogen-bond acceptors (Lipinski definition) is 2. The summed E-state index contributed by atoms with van der Waals surface area (Å²) < 4.78 is 5.56. The summed E-state index contributed by atoms with van der Waals surface area (Å²) in [6.07, 6.45) is 4.11. The van der Waals surface area contributed by atoms with E-state index in [9.17, 15) is 4.79 Å². The van der Waals surface area contributed by atoms with Crippen LogP contribution in [0.25, 0.3) is 5.57 Å². The highest BCUT2D eigenvalue weighted by Gasteiger charge is 2.42. The number of allylic oxidation sites excluding steroid dienone is 1. The Balaban J connectivity index is 1.61. The van der Waals surface area contributed by atoms with Gasteiger partial charge in [0, 0.05) is 18.5 Å². The first-order chi connectivity index (χ1) is 12.9. The maximum Gasteiger partial charge on any atom is 0.410 e. The molecule has 0 atom stereocenters. The van der Waals surface area contributed by atoms with Gasteiger partial charge in [0.1, 0.15) is 5.60 Å². The molecule has 140 valence electrons. The number of piperidine rings is 1. The maximum absolute atomic E-state index is 12.4. The van der Waals surface area contributed by atoms with E-state index in [4.69, 9.17) is 4.74 Å². The molecule has 2 aromatic rings. The summed E-state index contributed by atoms with van der Waals surface area (Å²) in [5, 5.41) is 0. The fraction of sp³-hybridized carbons (Fsp3) is 0.375. The van der Waals surface area contributed by atoms with E-state index in [1.807, 2.05) is 25.7 Å². The second-order valence-electron chi connectivity index (χ2n) is 8.59. The van der Waals surface area contributed by atoms with E-state index < -0.39 is 5.60 Å². The average molecular weight is 361 g/mol. The number of hydrogen-bond donors (Lipinski definition) is 0. The lowest BCUT2D eigenvalue weighted by molar-refractivity contribution is 0.0184. The summed E-state index contributed by atoms with van der Waals surface area (Å²) in [5.41, 5.74) is 4.86. The molecule has 27 heavy (non-hydrogen) atoms. The lowest BCUT2D eigenvalue weighted by Crippen LogP contribution is -2.45. The van der Waals surface area contributed by atoms with E-state index >= 15 is 0 Å². The van der Waals surface area contributed by atoms with Crippen LogP contribution in [0.2, 0.25) is 0 Å². The zero-order chi connectivity index (χ0) is 19.1. The van der Waals surface area contributed by atoms with E-state index in [1.54, 1.807) is 0 Å². The van der Waals surface area contributed by atoms with Crippen molar-refractivity contribution in [2.75, 3.05) is 13.1 Å². The first-order valence-corrected chi connectivity index (χ1v) is 9.74. The van der Waals surface area contributed by atoms with Crippen molar-refractivity contribution in [3.05, 3.63) is 77.4 Å². The predicted octanol–water partition coefficient (Wildman–Crippen LogP) is 5.40. The highest BCUT2D eigenvalue weighted by atomic mass is 16.6. The molecule has 0 aromatic heterocycles. The van der Waals surface area contributed by atoms with E-state index in [-0.39, 0.29) is 11.5 Å². The normalized spacial score (nSPS) is 18.2. The Morgan fingerprint density at radius 3 is 2.26 bits per heavy atom. The molecule has 0 unspecified atom stereocenters. The van der Waals surface area contributed by atoms with Crippen LogP contribution >= 0.6 is 0 Å². The van der Waals surface area contributed by atoms with Gasteiger partial charge >= 0.3 is 6.09 Å². The molecule has 2 aliphatic rings. The Hall–Kier alpha value is -2.55. The van der Waals surface area contributed by atoms with Crippen LogP contribution in [0.1, 0.15) is 50.3 Å². The molecular weight excluding hydrogens is 334 g/mol. The van der Waals surface area contributed by atoms with E-state index in [0.717, 1.165) is 25.9 Å². The second-order valence-corrected chi connectivity index (χ2v) is 8.59. The number of amides is 1. The van der Waals surface area contributed by atoms with Crippen molar-refractivity contribution in [2.45, 2.75) is 44.6 Å². The third-order valence-corrected chi connectivity index (χ3v) is 5.57. The predicted molar refractivity (Wildman–Crippen MR) is 109 cm³/mol. The molecule has 0 radical (unpaired) electrons. The monoisotopic (exact) mass is 361 g/mol. The Morgan fingerprint density at radius 2 is 1.59 bits per heavy atom. The topological polar surface area (TPSA) is 29.5 Å². The molecule has 4 rings (SSSR count). The van der Waals surface area contributed by atoms with Crippen molar-refractivity contribution >= 4 is 11.7 Å². The molecular formula is C24H27NO2. The molecule has 3 nitrogen and oxygen atoms in total. The van der Waals surface area contributed by atoms with Crippen molar-refractivity contribution in [1.82, 2.24) is 4.90 Å². The van der Waals surface area contributed by atoms with E-state index in [0.29, 0.717) is 0 Å². The van der Waals surface area contributed by atoms with E-state index in [1.165, 1.54) is 22.3 Å². The van der Waals surface area contributed by atoms with Crippen LogP contribution in [-0.2, 0) is 10.2 Å². The largest absolute Gasteiger partial charge is 0.444 e. The quantitative estimate of drug-likeness (QED) is 0.680. The van der Waals surface area contributed by atoms with Crippen LogP contribution < -0.4 is 0 Å². The fourth-order valence-electron chi connectivity index (χ4n) is 4.27. The van der Waals surface area contributed by atoms with Crippen molar-refractivity contribution in [2.24, 2.45) is 0 Å². The Bertz CT molecular complexity index is 869. The standard InChI is InChI=1S/C24H27NO2/c1-23(2,3)27-22(26)25-15-13-24(14-16-25)17-20(18-9-5-4-6-10-18)19-11-7-8-12-21(19)24/h4-12,17H,13-16H2,1-3H3. The van der Waals surface area contributed by atoms with Gasteiger partial charge in [0.05, 0.1) is 0 Å². The number of ether oxygens (including phenoxy) is 1. The Morgan fingerprint density at radius 1 is 0.963 bits per heavy atom. The molecule has 0 bridgehead atoms. The molecule has 1 fully saturated rings. The minimum atomic E-state index is -0.452. The Labute approximate surface area is 161 Å². The molecule has 1 aliphatic carbocycles. The van der Waals surface area contributed by atoms with Gasteiger partial charge in [-0.15, -0.1) is 0 Å². The molecule has 1 spiro atoms. The number of likely N-dealkylation sites (tertiary alicyclic amines) is 1. The highest BCUT2D eigenvalue weighted by molar-refractivity contribution is 5.87. The van der Waals surface area contributed by atoms with Gasteiger partial charge in [-0.25, -0.2) is 4.79 Å². The molecule has 2 aromatic carbocycles. The van der Waals surface area contributed by atoms with Crippen LogP contribution in [0.15, 0.2) is 60.7 Å². The number of benzene rings is 2. The zero-order valence-electron chi connectivity index (χ0n) is 16.4. The number of carbonyl (C=O) groups is 1. The summed E-state index contributed by atoms with van der Waals surface area (Å²) >= 11 is 0. The molecule has 0 N–H and O–H groups in total. The average Bonchev–Trinajstić information content (AvgIpc) is 2.96. The lowest BCUT2D eigenvalue weighted by Gasteiger charge is -2.39. The van der Waals surface area contributed by atoms with Crippen molar-refractivity contribution < 1.29 is 9.53 Å². The first-order valence-electron chi connectivity index (χ1n) is 9.74. The third-order valence-electron chi connectivity index (χ3n) is 5.57. The Kier molecular flexibility index (Phi) is 4.33. The number of nitrogens with zero attached hydrogens (tertiary/aromatic N) is 1. The maximum atomic E-state index is 12.4. The molecule has 1 saturated heterocycles. The van der Waals surface area contributed by atoms with Crippen LogP contribution in [0.3, 0.4) is 0 Å². The molecule has 1 heterocycles. The van der Waals surface area contributed by atoms with Gasteiger partial charge in [0.2, 0.25) is 0 Å². The molecule has 0 saturated carbocycles. The molecule has 1 amide bonds. The summed E-state index contributed by atoms with van der Waals surface area (Å²) in [4.78, 5) is 14.3. The van der Waals surface area contributed by atoms with Crippen molar-refractivity contribution in [1.29, 1.82) is 0 Å². The van der Waals surface area contributed by atoms with Crippen LogP contribution in [0.5, 0.6) is 0 Å². The number of carbonyl (C=O) groups excluding carboxylic acids is 1. The van der Waals surface area contributed by atoms with Crippen LogP contribution in [-0.4, -0.2) is 29.7 Å². The first kappa shape index (κ1) is 17.8. The summed E-state index contributed by atoms with van der Waals surface area (Å²) in [7, 11) is 0. The van der Waals surface area contributed by atoms with E-state index in [2.05, 4.69) is 60.7 Å². The van der Waals surface area contributed by atoms with Gasteiger partial charge in [-0.3, -0.25) is 0 Å². The van der Waals surface area contributed by atoms with Gasteiger partial charge in [-0.2, -0.15) is 0 Å². The van der Waals surface area contributed by atoms with Gasteiger partial charge in [-0.1, -0.05) is 60.7 Å². The van der Waals surface area contributed by atoms with Gasteiger partial charge in [0.25, 0.3) is 0 Å². The minimum absolute atomic E-state index is 0.0142. The smallest absolute Gasteiger partial charge is 0.410 e. The van der Waals surface area contributed by atoms with Crippen LogP contribution in [0.4, 0.5) is 4.79 Å². The second kappa shape index (κ2) is 6.56. The minimum Gasteiger partial charge on any atom is -0.444 e. The lowest BCUT2D eigenvalue weighted by atomic mass is 9.74. The van der Waals surface area contributed by atoms with Gasteiger partial charge < -0.3 is 9.64 Å². The molecule has 3 heteroatoms. The summed E-state index contributed by atoms with van der Waals surface area (Å²) in [5.74, 6) is 0. The number of rotatable bonds is 1. The number of fused-ring (bicyclic) bond motifs is 2. The molecule has 1 aliphatic heterocycles. The SMILES string of the molecule is CC(C)(C)OC(=O)N1CCC2(C=C(c3ccccc3)c3ccccc32)CC1. The fourth-order valence-corrected chi connectivity index (χ4v) is 4.27.